The number of dihydropyridines is 1. The Balaban J connectivity index is 2.08. The summed E-state index contributed by atoms with van der Waals surface area (Å²) in [4.78, 5) is 13.2. The Labute approximate surface area is 178 Å². The Hall–Kier alpha value is -2.39. The van der Waals surface area contributed by atoms with Gasteiger partial charge in [0.2, 0.25) is 0 Å². The summed E-state index contributed by atoms with van der Waals surface area (Å²) < 4.78 is 0. The number of halogens is 2. The Kier molecular flexibility index (Phi) is 6.35. The fraction of sp³-hybridized carbons (Fsp3) is 0.143. The van der Waals surface area contributed by atoms with Gasteiger partial charge in [0.1, 0.15) is 0 Å². The van der Waals surface area contributed by atoms with Crippen LogP contribution in [0.15, 0.2) is 70.4 Å². The van der Waals surface area contributed by atoms with E-state index in [2.05, 4.69) is 16.7 Å². The number of anilines is 1. The average Bonchev–Trinajstić information content (AvgIpc) is 2.69. The highest BCUT2D eigenvalue weighted by atomic mass is 35.5. The van der Waals surface area contributed by atoms with E-state index in [1.54, 1.807) is 30.3 Å². The summed E-state index contributed by atoms with van der Waals surface area (Å²) in [5.41, 5.74) is 2.93. The molecule has 0 fully saturated rings. The van der Waals surface area contributed by atoms with Crippen LogP contribution in [0.4, 0.5) is 5.69 Å². The van der Waals surface area contributed by atoms with Gasteiger partial charge < -0.3 is 10.6 Å². The zero-order valence-electron chi connectivity index (χ0n) is 15.2. The van der Waals surface area contributed by atoms with E-state index in [0.717, 1.165) is 5.56 Å². The second-order valence-corrected chi connectivity index (χ2v) is 7.80. The molecule has 0 aliphatic carbocycles. The molecule has 0 bridgehead atoms. The highest BCUT2D eigenvalue weighted by Crippen LogP contribution is 2.42. The number of nitriles is 1. The minimum absolute atomic E-state index is 0.301. The van der Waals surface area contributed by atoms with Crippen molar-refractivity contribution < 1.29 is 4.79 Å². The molecular weight excluding hydrogens is 413 g/mol. The Bertz CT molecular complexity index is 1020. The monoisotopic (exact) mass is 429 g/mol. The third-order valence-corrected chi connectivity index (χ3v) is 5.74. The molecule has 1 atom stereocenters. The average molecular weight is 430 g/mol. The number of hydrogen-bond donors (Lipinski definition) is 2. The smallest absolute Gasteiger partial charge is 0.254 e. The van der Waals surface area contributed by atoms with E-state index >= 15 is 0 Å². The maximum absolute atomic E-state index is 13.2. The van der Waals surface area contributed by atoms with Crippen LogP contribution in [0, 0.1) is 11.3 Å². The fourth-order valence-electron chi connectivity index (χ4n) is 3.13. The summed E-state index contributed by atoms with van der Waals surface area (Å²) in [7, 11) is 0. The van der Waals surface area contributed by atoms with Crippen LogP contribution in [-0.4, -0.2) is 12.2 Å². The SMILES string of the molecule is CSC1=C(C#N)C(c2ccccc2Cl)C(C(=O)Nc2ccc(Cl)cc2)=C(C)N1. The number of allylic oxidation sites excluding steroid dienone is 2. The molecule has 2 aromatic rings. The molecular formula is C21H17Cl2N3OS. The van der Waals surface area contributed by atoms with Crippen LogP contribution in [0.25, 0.3) is 0 Å². The minimum Gasteiger partial charge on any atom is -0.353 e. The zero-order valence-corrected chi connectivity index (χ0v) is 17.5. The molecule has 0 aromatic heterocycles. The van der Waals surface area contributed by atoms with E-state index in [9.17, 15) is 10.1 Å². The number of nitrogens with zero attached hydrogens (tertiary/aromatic N) is 1. The van der Waals surface area contributed by atoms with Crippen LogP contribution in [-0.2, 0) is 4.79 Å². The number of rotatable bonds is 4. The summed E-state index contributed by atoms with van der Waals surface area (Å²) in [6.07, 6.45) is 1.88. The van der Waals surface area contributed by atoms with Gasteiger partial charge in [-0.2, -0.15) is 5.26 Å². The van der Waals surface area contributed by atoms with E-state index in [4.69, 9.17) is 23.2 Å². The van der Waals surface area contributed by atoms with Gasteiger partial charge in [-0.1, -0.05) is 41.4 Å². The van der Waals surface area contributed by atoms with Crippen LogP contribution >= 0.6 is 35.0 Å². The van der Waals surface area contributed by atoms with Gasteiger partial charge >= 0.3 is 0 Å². The third-order valence-electron chi connectivity index (χ3n) is 4.41. The van der Waals surface area contributed by atoms with E-state index in [1.165, 1.54) is 11.8 Å². The standard InChI is InChI=1S/C21H17Cl2N3OS/c1-12-18(20(27)26-14-9-7-13(22)8-10-14)19(15-5-3-4-6-17(15)23)16(11-24)21(25-12)28-2/h3-10,19,25H,1-2H3,(H,26,27). The maximum atomic E-state index is 13.2. The Morgan fingerprint density at radius 2 is 1.86 bits per heavy atom. The van der Waals surface area contributed by atoms with Crippen molar-refractivity contribution in [2.24, 2.45) is 0 Å². The first kappa shape index (κ1) is 20.3. The highest BCUT2D eigenvalue weighted by Gasteiger charge is 2.35. The molecule has 1 unspecified atom stereocenters. The second kappa shape index (κ2) is 8.74. The lowest BCUT2D eigenvalue weighted by Gasteiger charge is -2.30. The molecule has 0 radical (unpaired) electrons. The summed E-state index contributed by atoms with van der Waals surface area (Å²) in [6, 6.07) is 16.4. The quantitative estimate of drug-likeness (QED) is 0.654. The largest absolute Gasteiger partial charge is 0.353 e. The molecule has 2 aromatic carbocycles. The molecule has 0 saturated heterocycles. The highest BCUT2D eigenvalue weighted by molar-refractivity contribution is 8.02. The minimum atomic E-state index is -0.560. The first-order valence-electron chi connectivity index (χ1n) is 8.43. The van der Waals surface area contributed by atoms with Gasteiger partial charge in [0.15, 0.2) is 0 Å². The molecule has 0 spiro atoms. The summed E-state index contributed by atoms with van der Waals surface area (Å²) in [6.45, 7) is 1.82. The molecule has 1 aliphatic heterocycles. The van der Waals surface area contributed by atoms with Gasteiger partial charge in [-0.25, -0.2) is 0 Å². The second-order valence-electron chi connectivity index (χ2n) is 6.14. The number of benzene rings is 2. The summed E-state index contributed by atoms with van der Waals surface area (Å²) in [5, 5.41) is 17.7. The van der Waals surface area contributed by atoms with Crippen molar-refractivity contribution in [2.75, 3.05) is 11.6 Å². The van der Waals surface area contributed by atoms with Crippen molar-refractivity contribution in [3.05, 3.63) is 86.0 Å². The molecule has 7 heteroatoms. The number of amides is 1. The van der Waals surface area contributed by atoms with Crippen LogP contribution < -0.4 is 10.6 Å². The maximum Gasteiger partial charge on any atom is 0.254 e. The lowest BCUT2D eigenvalue weighted by atomic mass is 9.82. The first-order valence-corrected chi connectivity index (χ1v) is 10.4. The third kappa shape index (κ3) is 4.05. The summed E-state index contributed by atoms with van der Waals surface area (Å²) >= 11 is 13.8. The predicted molar refractivity (Wildman–Crippen MR) is 116 cm³/mol. The normalized spacial score (nSPS) is 16.5. The predicted octanol–water partition coefficient (Wildman–Crippen LogP) is 5.69. The summed E-state index contributed by atoms with van der Waals surface area (Å²) in [5.74, 6) is -0.861. The van der Waals surface area contributed by atoms with Crippen LogP contribution in [0.1, 0.15) is 18.4 Å². The van der Waals surface area contributed by atoms with E-state index in [1.807, 2.05) is 31.4 Å². The first-order chi connectivity index (χ1) is 13.5. The van der Waals surface area contributed by atoms with E-state index in [0.29, 0.717) is 37.6 Å². The van der Waals surface area contributed by atoms with Gasteiger partial charge in [0, 0.05) is 27.0 Å². The van der Waals surface area contributed by atoms with Crippen LogP contribution in [0.5, 0.6) is 0 Å². The molecule has 3 rings (SSSR count). The van der Waals surface area contributed by atoms with Crippen molar-refractivity contribution in [3.63, 3.8) is 0 Å². The van der Waals surface area contributed by atoms with Crippen molar-refractivity contribution >= 4 is 46.6 Å². The topological polar surface area (TPSA) is 64.9 Å². The van der Waals surface area contributed by atoms with Crippen LogP contribution in [0.3, 0.4) is 0 Å². The van der Waals surface area contributed by atoms with Crippen molar-refractivity contribution in [1.29, 1.82) is 5.26 Å². The fourth-order valence-corrected chi connectivity index (χ4v) is 4.14. The molecule has 28 heavy (non-hydrogen) atoms. The van der Waals surface area contributed by atoms with Crippen molar-refractivity contribution in [2.45, 2.75) is 12.8 Å². The number of carbonyl (C=O) groups is 1. The molecule has 1 heterocycles. The number of thioether (sulfide) groups is 1. The Morgan fingerprint density at radius 1 is 1.18 bits per heavy atom. The molecule has 1 amide bonds. The number of nitrogens with one attached hydrogen (secondary N) is 2. The molecule has 4 nitrogen and oxygen atoms in total. The van der Waals surface area contributed by atoms with E-state index in [-0.39, 0.29) is 5.91 Å². The van der Waals surface area contributed by atoms with E-state index < -0.39 is 5.92 Å². The molecule has 1 aliphatic rings. The van der Waals surface area contributed by atoms with Crippen molar-refractivity contribution in [3.8, 4) is 6.07 Å². The number of hydrogen-bond acceptors (Lipinski definition) is 4. The van der Waals surface area contributed by atoms with Gasteiger partial charge in [-0.3, -0.25) is 4.79 Å². The Morgan fingerprint density at radius 3 is 2.46 bits per heavy atom. The zero-order chi connectivity index (χ0) is 20.3. The van der Waals surface area contributed by atoms with Gasteiger partial charge in [0.05, 0.1) is 22.6 Å². The lowest BCUT2D eigenvalue weighted by Crippen LogP contribution is -2.30. The van der Waals surface area contributed by atoms with Crippen molar-refractivity contribution in [1.82, 2.24) is 5.32 Å². The van der Waals surface area contributed by atoms with Gasteiger partial charge in [-0.05, 0) is 49.1 Å². The number of carbonyl (C=O) groups excluding carboxylic acids is 1. The molecule has 2 N–H and O–H groups in total. The molecule has 142 valence electrons. The lowest BCUT2D eigenvalue weighted by molar-refractivity contribution is -0.113. The van der Waals surface area contributed by atoms with Gasteiger partial charge in [-0.15, -0.1) is 11.8 Å². The molecule has 0 saturated carbocycles. The van der Waals surface area contributed by atoms with Gasteiger partial charge in [0.25, 0.3) is 5.91 Å². The van der Waals surface area contributed by atoms with Crippen LogP contribution in [0.2, 0.25) is 10.0 Å².